The number of pyridine rings is 1. The van der Waals surface area contributed by atoms with Gasteiger partial charge in [0.15, 0.2) is 0 Å². The Morgan fingerprint density at radius 1 is 1.11 bits per heavy atom. The van der Waals surface area contributed by atoms with E-state index in [9.17, 15) is 4.21 Å². The molecule has 0 aliphatic rings. The SMILES string of the molecule is CC.COc1ccc(C)c(N=C(C)S(=O)Cc2ncc(C)c(OC)c2C)c1. The molecule has 0 fully saturated rings. The predicted molar refractivity (Wildman–Crippen MR) is 114 cm³/mol. The summed E-state index contributed by atoms with van der Waals surface area (Å²) in [6.45, 7) is 11.6. The Morgan fingerprint density at radius 3 is 2.37 bits per heavy atom. The zero-order valence-electron chi connectivity index (χ0n) is 17.5. The first kappa shape index (κ1) is 22.8. The van der Waals surface area contributed by atoms with Crippen LogP contribution in [0.3, 0.4) is 0 Å². The molecule has 0 spiro atoms. The summed E-state index contributed by atoms with van der Waals surface area (Å²) in [4.78, 5) is 8.94. The number of aliphatic imine (C=N–C) groups is 1. The maximum Gasteiger partial charge on any atom is 0.128 e. The molecule has 0 aliphatic heterocycles. The second-order valence-electron chi connectivity index (χ2n) is 5.82. The van der Waals surface area contributed by atoms with Gasteiger partial charge in [0, 0.05) is 23.4 Å². The van der Waals surface area contributed by atoms with Gasteiger partial charge in [-0.05, 0) is 39.3 Å². The Bertz CT molecular complexity index is 832. The lowest BCUT2D eigenvalue weighted by Crippen LogP contribution is -2.09. The average molecular weight is 391 g/mol. The Labute approximate surface area is 165 Å². The second kappa shape index (κ2) is 10.8. The summed E-state index contributed by atoms with van der Waals surface area (Å²) in [7, 11) is 1.98. The highest BCUT2D eigenvalue weighted by atomic mass is 32.2. The smallest absolute Gasteiger partial charge is 0.128 e. The van der Waals surface area contributed by atoms with Crippen LogP contribution in [-0.2, 0) is 16.6 Å². The third-order valence-electron chi connectivity index (χ3n) is 4.04. The van der Waals surface area contributed by atoms with Gasteiger partial charge in [-0.3, -0.25) is 9.19 Å². The molecule has 0 saturated heterocycles. The number of rotatable bonds is 5. The standard InChI is InChI=1S/C19H24N2O3S.C2H6/c1-12-7-8-16(23-5)9-17(12)21-15(4)25(22)11-18-14(3)19(24-6)13(2)10-20-18;1-2/h7-10H,11H2,1-6H3;1-2H3. The van der Waals surface area contributed by atoms with Gasteiger partial charge in [0.2, 0.25) is 0 Å². The molecule has 0 radical (unpaired) electrons. The molecule has 1 aromatic carbocycles. The van der Waals surface area contributed by atoms with E-state index in [0.717, 1.165) is 39.6 Å². The fourth-order valence-electron chi connectivity index (χ4n) is 2.50. The number of ether oxygens (including phenoxy) is 2. The van der Waals surface area contributed by atoms with E-state index >= 15 is 0 Å². The molecule has 1 heterocycles. The zero-order valence-corrected chi connectivity index (χ0v) is 18.4. The van der Waals surface area contributed by atoms with Crippen molar-refractivity contribution in [3.05, 3.63) is 46.8 Å². The molecular weight excluding hydrogens is 360 g/mol. The molecule has 0 amide bonds. The van der Waals surface area contributed by atoms with Crippen LogP contribution in [0, 0.1) is 20.8 Å². The third-order valence-corrected chi connectivity index (χ3v) is 5.33. The van der Waals surface area contributed by atoms with E-state index in [-0.39, 0.29) is 0 Å². The van der Waals surface area contributed by atoms with E-state index in [2.05, 4.69) is 9.98 Å². The van der Waals surface area contributed by atoms with Crippen LogP contribution in [0.4, 0.5) is 5.69 Å². The molecule has 2 rings (SSSR count). The van der Waals surface area contributed by atoms with E-state index in [4.69, 9.17) is 9.47 Å². The molecule has 27 heavy (non-hydrogen) atoms. The van der Waals surface area contributed by atoms with Gasteiger partial charge in [-0.15, -0.1) is 0 Å². The maximum atomic E-state index is 12.7. The highest BCUT2D eigenvalue weighted by Crippen LogP contribution is 2.27. The van der Waals surface area contributed by atoms with Crippen molar-refractivity contribution in [3.8, 4) is 11.5 Å². The summed E-state index contributed by atoms with van der Waals surface area (Å²) in [5.74, 6) is 1.82. The van der Waals surface area contributed by atoms with Gasteiger partial charge >= 0.3 is 0 Å². The molecule has 1 atom stereocenters. The highest BCUT2D eigenvalue weighted by molar-refractivity contribution is 7.99. The van der Waals surface area contributed by atoms with Crippen LogP contribution < -0.4 is 9.47 Å². The van der Waals surface area contributed by atoms with E-state index < -0.39 is 10.8 Å². The van der Waals surface area contributed by atoms with Gasteiger partial charge < -0.3 is 9.47 Å². The van der Waals surface area contributed by atoms with Crippen LogP contribution in [0.1, 0.15) is 43.2 Å². The van der Waals surface area contributed by atoms with E-state index in [1.54, 1.807) is 27.3 Å². The van der Waals surface area contributed by atoms with E-state index in [0.29, 0.717) is 10.8 Å². The van der Waals surface area contributed by atoms with E-state index in [1.807, 2.05) is 52.8 Å². The minimum absolute atomic E-state index is 0.306. The Kier molecular flexibility index (Phi) is 9.15. The summed E-state index contributed by atoms with van der Waals surface area (Å²) >= 11 is 0. The van der Waals surface area contributed by atoms with Crippen molar-refractivity contribution < 1.29 is 13.7 Å². The van der Waals surface area contributed by atoms with Crippen LogP contribution in [0.25, 0.3) is 0 Å². The molecule has 0 saturated carbocycles. The number of aryl methyl sites for hydroxylation is 2. The van der Waals surface area contributed by atoms with Gasteiger partial charge in [0.1, 0.15) is 16.5 Å². The molecule has 0 N–H and O–H groups in total. The summed E-state index contributed by atoms with van der Waals surface area (Å²) in [5, 5.41) is 0.553. The number of benzene rings is 1. The van der Waals surface area contributed by atoms with Crippen molar-refractivity contribution in [2.24, 2.45) is 4.99 Å². The van der Waals surface area contributed by atoms with Crippen LogP contribution in [-0.4, -0.2) is 28.5 Å². The lowest BCUT2D eigenvalue weighted by atomic mass is 10.1. The quantitative estimate of drug-likeness (QED) is 0.529. The van der Waals surface area contributed by atoms with Gasteiger partial charge in [-0.25, -0.2) is 4.99 Å². The lowest BCUT2D eigenvalue weighted by Gasteiger charge is -2.12. The first-order valence-corrected chi connectivity index (χ1v) is 10.3. The third kappa shape index (κ3) is 5.89. The van der Waals surface area contributed by atoms with Crippen molar-refractivity contribution in [2.75, 3.05) is 14.2 Å². The molecular formula is C21H30N2O3S. The average Bonchev–Trinajstić information content (AvgIpc) is 2.67. The summed E-state index contributed by atoms with van der Waals surface area (Å²) in [6, 6.07) is 5.66. The number of methoxy groups -OCH3 is 2. The van der Waals surface area contributed by atoms with Gasteiger partial charge in [0.05, 0.1) is 42.2 Å². The molecule has 1 aromatic heterocycles. The van der Waals surface area contributed by atoms with Gasteiger partial charge in [-0.1, -0.05) is 19.9 Å². The summed E-state index contributed by atoms with van der Waals surface area (Å²) in [6.07, 6.45) is 1.75. The molecule has 0 bridgehead atoms. The second-order valence-corrected chi connectivity index (χ2v) is 7.39. The largest absolute Gasteiger partial charge is 0.497 e. The summed E-state index contributed by atoms with van der Waals surface area (Å²) < 4.78 is 23.3. The normalized spacial score (nSPS) is 12.1. The zero-order chi connectivity index (χ0) is 20.6. The maximum absolute atomic E-state index is 12.7. The highest BCUT2D eigenvalue weighted by Gasteiger charge is 2.14. The Hall–Kier alpha value is -2.21. The summed E-state index contributed by atoms with van der Waals surface area (Å²) in [5.41, 5.74) is 4.41. The molecule has 2 aromatic rings. The topological polar surface area (TPSA) is 60.8 Å². The number of aromatic nitrogens is 1. The van der Waals surface area contributed by atoms with Crippen molar-refractivity contribution in [3.63, 3.8) is 0 Å². The minimum Gasteiger partial charge on any atom is -0.497 e. The number of hydrogen-bond donors (Lipinski definition) is 0. The van der Waals surface area contributed by atoms with Crippen molar-refractivity contribution in [1.29, 1.82) is 0 Å². The van der Waals surface area contributed by atoms with Crippen LogP contribution in [0.15, 0.2) is 29.4 Å². The Balaban J connectivity index is 0.00000176. The van der Waals surface area contributed by atoms with Crippen LogP contribution >= 0.6 is 0 Å². The predicted octanol–water partition coefficient (Wildman–Crippen LogP) is 5.05. The fourth-order valence-corrected chi connectivity index (χ4v) is 3.45. The van der Waals surface area contributed by atoms with E-state index in [1.165, 1.54) is 0 Å². The first-order valence-electron chi connectivity index (χ1n) is 8.94. The number of hydrogen-bond acceptors (Lipinski definition) is 5. The van der Waals surface area contributed by atoms with Crippen molar-refractivity contribution in [2.45, 2.75) is 47.3 Å². The minimum atomic E-state index is -1.27. The van der Waals surface area contributed by atoms with Gasteiger partial charge in [0.25, 0.3) is 0 Å². The first-order chi connectivity index (χ1) is 12.9. The Morgan fingerprint density at radius 2 is 1.78 bits per heavy atom. The molecule has 5 nitrogen and oxygen atoms in total. The molecule has 1 unspecified atom stereocenters. The number of nitrogens with zero attached hydrogens (tertiary/aromatic N) is 2. The van der Waals surface area contributed by atoms with Crippen LogP contribution in [0.2, 0.25) is 0 Å². The molecule has 6 heteroatoms. The monoisotopic (exact) mass is 390 g/mol. The van der Waals surface area contributed by atoms with Crippen molar-refractivity contribution in [1.82, 2.24) is 4.98 Å². The van der Waals surface area contributed by atoms with Crippen LogP contribution in [0.5, 0.6) is 11.5 Å². The molecule has 0 aliphatic carbocycles. The lowest BCUT2D eigenvalue weighted by molar-refractivity contribution is 0.407. The van der Waals surface area contributed by atoms with Crippen molar-refractivity contribution >= 4 is 21.5 Å². The fraction of sp³-hybridized carbons (Fsp3) is 0.429. The molecule has 148 valence electrons. The van der Waals surface area contributed by atoms with Gasteiger partial charge in [-0.2, -0.15) is 0 Å².